The predicted molar refractivity (Wildman–Crippen MR) is 137 cm³/mol. The number of amides is 3. The Hall–Kier alpha value is -3.56. The van der Waals surface area contributed by atoms with Gasteiger partial charge in [0, 0.05) is 36.1 Å². The van der Waals surface area contributed by atoms with Crippen molar-refractivity contribution >= 4 is 34.8 Å². The molecule has 2 aromatic rings. The summed E-state index contributed by atoms with van der Waals surface area (Å²) in [4.78, 5) is 41.7. The summed E-state index contributed by atoms with van der Waals surface area (Å²) in [5.74, 6) is -0.0308. The molecule has 1 aliphatic heterocycles. The third-order valence-corrected chi connectivity index (χ3v) is 5.60. The standard InChI is InChI=1S/C26H37N5O5/c1-25(2,3)35-23(33)30-21(27)18-8-7-17-13-20(29-19(17)14-18)22(32)28-15-16-9-11-31(12-10-16)24(34)36-26(4,5)6/h7-8,13-14,16,29H,9-12,15H2,1-6H3,(H,28,32)(H2,27,30,33). The molecule has 0 spiro atoms. The molecule has 1 aromatic carbocycles. The highest BCUT2D eigenvalue weighted by Gasteiger charge is 2.27. The van der Waals surface area contributed by atoms with Crippen LogP contribution in [0.4, 0.5) is 9.59 Å². The molecule has 0 atom stereocenters. The van der Waals surface area contributed by atoms with Gasteiger partial charge in [-0.15, -0.1) is 0 Å². The summed E-state index contributed by atoms with van der Waals surface area (Å²) in [5, 5.41) is 14.4. The van der Waals surface area contributed by atoms with Gasteiger partial charge in [-0.25, -0.2) is 9.59 Å². The molecule has 4 N–H and O–H groups in total. The zero-order valence-corrected chi connectivity index (χ0v) is 21.9. The molecule has 0 radical (unpaired) electrons. The molecule has 196 valence electrons. The Balaban J connectivity index is 1.52. The number of carbonyl (C=O) groups is 3. The fourth-order valence-corrected chi connectivity index (χ4v) is 3.86. The minimum Gasteiger partial charge on any atom is -0.444 e. The average Bonchev–Trinajstić information content (AvgIpc) is 3.18. The summed E-state index contributed by atoms with van der Waals surface area (Å²) in [6.45, 7) is 12.5. The molecular formula is C26H37N5O5. The van der Waals surface area contributed by atoms with Gasteiger partial charge < -0.3 is 24.7 Å². The van der Waals surface area contributed by atoms with Crippen LogP contribution in [0, 0.1) is 11.3 Å². The van der Waals surface area contributed by atoms with Crippen molar-refractivity contribution in [1.29, 1.82) is 5.41 Å². The number of likely N-dealkylation sites (tertiary alicyclic amines) is 1. The SMILES string of the molecule is CC(C)(C)OC(=O)NC(=N)c1ccc2cc(C(=O)NCC3CCN(C(=O)OC(C)(C)C)CC3)[nH]c2c1. The number of hydrogen-bond donors (Lipinski definition) is 4. The predicted octanol–water partition coefficient (Wildman–Crippen LogP) is 4.39. The first-order valence-corrected chi connectivity index (χ1v) is 12.2. The fraction of sp³-hybridized carbons (Fsp3) is 0.538. The normalized spacial score (nSPS) is 14.9. The quantitative estimate of drug-likeness (QED) is 0.365. The van der Waals surface area contributed by atoms with E-state index in [2.05, 4.69) is 15.6 Å². The third kappa shape index (κ3) is 7.73. The molecule has 3 amide bonds. The first-order valence-electron chi connectivity index (χ1n) is 12.2. The second kappa shape index (κ2) is 10.6. The Labute approximate surface area is 211 Å². The Kier molecular flexibility index (Phi) is 7.96. The number of rotatable bonds is 4. The van der Waals surface area contributed by atoms with E-state index in [-0.39, 0.29) is 23.8 Å². The molecule has 0 aliphatic carbocycles. The lowest BCUT2D eigenvalue weighted by Gasteiger charge is -2.33. The topological polar surface area (TPSA) is 137 Å². The molecule has 0 saturated carbocycles. The van der Waals surface area contributed by atoms with Crippen LogP contribution in [0.1, 0.15) is 70.4 Å². The largest absolute Gasteiger partial charge is 0.444 e. The number of piperidine rings is 1. The molecule has 10 heteroatoms. The molecule has 1 fully saturated rings. The highest BCUT2D eigenvalue weighted by Crippen LogP contribution is 2.20. The summed E-state index contributed by atoms with van der Waals surface area (Å²) >= 11 is 0. The van der Waals surface area contributed by atoms with Gasteiger partial charge in [0.25, 0.3) is 5.91 Å². The number of benzene rings is 1. The van der Waals surface area contributed by atoms with Crippen LogP contribution >= 0.6 is 0 Å². The first-order chi connectivity index (χ1) is 16.7. The molecule has 0 unspecified atom stereocenters. The first kappa shape index (κ1) is 27.0. The van der Waals surface area contributed by atoms with Gasteiger partial charge >= 0.3 is 12.2 Å². The molecule has 10 nitrogen and oxygen atoms in total. The van der Waals surface area contributed by atoms with Crippen LogP contribution in [0.25, 0.3) is 10.9 Å². The van der Waals surface area contributed by atoms with E-state index in [1.807, 2.05) is 20.8 Å². The number of aromatic nitrogens is 1. The summed E-state index contributed by atoms with van der Waals surface area (Å²) in [6.07, 6.45) is 0.595. The second-order valence-corrected chi connectivity index (χ2v) is 11.1. The summed E-state index contributed by atoms with van der Waals surface area (Å²) < 4.78 is 10.6. The van der Waals surface area contributed by atoms with E-state index in [0.717, 1.165) is 18.2 Å². The maximum absolute atomic E-state index is 12.7. The van der Waals surface area contributed by atoms with Crippen LogP contribution in [-0.2, 0) is 9.47 Å². The lowest BCUT2D eigenvalue weighted by atomic mass is 9.97. The number of nitrogens with one attached hydrogen (secondary N) is 4. The molecule has 1 saturated heterocycles. The van der Waals surface area contributed by atoms with Crippen LogP contribution in [0.2, 0.25) is 0 Å². The number of carbonyl (C=O) groups excluding carboxylic acids is 3. The van der Waals surface area contributed by atoms with E-state index in [0.29, 0.717) is 36.4 Å². The Morgan fingerprint density at radius 1 is 1.03 bits per heavy atom. The monoisotopic (exact) mass is 499 g/mol. The molecule has 2 heterocycles. The molecule has 1 aliphatic rings. The van der Waals surface area contributed by atoms with Gasteiger partial charge in [0.05, 0.1) is 0 Å². The molecule has 36 heavy (non-hydrogen) atoms. The number of amidine groups is 1. The third-order valence-electron chi connectivity index (χ3n) is 5.60. The maximum atomic E-state index is 12.7. The van der Waals surface area contributed by atoms with Crippen LogP contribution in [0.3, 0.4) is 0 Å². The number of hydrogen-bond acceptors (Lipinski definition) is 6. The van der Waals surface area contributed by atoms with Gasteiger partial charge in [-0.1, -0.05) is 12.1 Å². The number of fused-ring (bicyclic) bond motifs is 1. The number of ether oxygens (including phenoxy) is 2. The van der Waals surface area contributed by atoms with E-state index in [1.54, 1.807) is 49.9 Å². The molecule has 3 rings (SSSR count). The Morgan fingerprint density at radius 3 is 2.28 bits per heavy atom. The van der Waals surface area contributed by atoms with Crippen molar-refractivity contribution in [3.05, 3.63) is 35.5 Å². The van der Waals surface area contributed by atoms with Crippen molar-refractivity contribution in [1.82, 2.24) is 20.5 Å². The average molecular weight is 500 g/mol. The van der Waals surface area contributed by atoms with Gasteiger partial charge in [-0.3, -0.25) is 15.5 Å². The second-order valence-electron chi connectivity index (χ2n) is 11.1. The molecular weight excluding hydrogens is 462 g/mol. The number of H-pyrrole nitrogens is 1. The van der Waals surface area contributed by atoms with E-state index < -0.39 is 17.3 Å². The number of alkyl carbamates (subject to hydrolysis) is 1. The van der Waals surface area contributed by atoms with E-state index in [9.17, 15) is 14.4 Å². The van der Waals surface area contributed by atoms with Gasteiger partial charge in [0.1, 0.15) is 22.7 Å². The zero-order valence-electron chi connectivity index (χ0n) is 21.9. The van der Waals surface area contributed by atoms with E-state index in [4.69, 9.17) is 14.9 Å². The minimum absolute atomic E-state index is 0.0931. The van der Waals surface area contributed by atoms with Gasteiger partial charge in [0.15, 0.2) is 0 Å². The maximum Gasteiger partial charge on any atom is 0.413 e. The highest BCUT2D eigenvalue weighted by molar-refractivity contribution is 6.07. The van der Waals surface area contributed by atoms with Crippen molar-refractivity contribution in [3.8, 4) is 0 Å². The Morgan fingerprint density at radius 2 is 1.67 bits per heavy atom. The summed E-state index contributed by atoms with van der Waals surface area (Å²) in [5.41, 5.74) is 0.403. The van der Waals surface area contributed by atoms with Gasteiger partial charge in [-0.2, -0.15) is 0 Å². The van der Waals surface area contributed by atoms with Crippen LogP contribution in [0.15, 0.2) is 24.3 Å². The number of nitrogens with zero attached hydrogens (tertiary/aromatic N) is 1. The van der Waals surface area contributed by atoms with Crippen molar-refractivity contribution in [2.45, 2.75) is 65.6 Å². The fourth-order valence-electron chi connectivity index (χ4n) is 3.86. The molecule has 1 aromatic heterocycles. The van der Waals surface area contributed by atoms with Crippen LogP contribution < -0.4 is 10.6 Å². The lowest BCUT2D eigenvalue weighted by molar-refractivity contribution is 0.0183. The minimum atomic E-state index is -0.698. The van der Waals surface area contributed by atoms with Crippen LogP contribution in [-0.4, -0.2) is 64.6 Å². The Bertz CT molecular complexity index is 1130. The van der Waals surface area contributed by atoms with Crippen LogP contribution in [0.5, 0.6) is 0 Å². The van der Waals surface area contributed by atoms with Crippen molar-refractivity contribution < 1.29 is 23.9 Å². The smallest absolute Gasteiger partial charge is 0.413 e. The van der Waals surface area contributed by atoms with Gasteiger partial charge in [-0.05, 0) is 72.4 Å². The van der Waals surface area contributed by atoms with E-state index in [1.165, 1.54) is 0 Å². The lowest BCUT2D eigenvalue weighted by Crippen LogP contribution is -2.43. The van der Waals surface area contributed by atoms with Crippen molar-refractivity contribution in [2.24, 2.45) is 5.92 Å². The number of aromatic amines is 1. The zero-order chi connectivity index (χ0) is 26.7. The van der Waals surface area contributed by atoms with Gasteiger partial charge in [0.2, 0.25) is 0 Å². The summed E-state index contributed by atoms with van der Waals surface area (Å²) in [6, 6.07) is 6.95. The molecule has 0 bridgehead atoms. The van der Waals surface area contributed by atoms with Crippen molar-refractivity contribution in [3.63, 3.8) is 0 Å². The highest BCUT2D eigenvalue weighted by atomic mass is 16.6. The van der Waals surface area contributed by atoms with Crippen molar-refractivity contribution in [2.75, 3.05) is 19.6 Å². The summed E-state index contributed by atoms with van der Waals surface area (Å²) in [7, 11) is 0. The van der Waals surface area contributed by atoms with E-state index >= 15 is 0 Å².